The van der Waals surface area contributed by atoms with Crippen LogP contribution in [0.3, 0.4) is 0 Å². The fraction of sp³-hybridized carbons (Fsp3) is 0.0556. The molecule has 0 spiro atoms. The van der Waals surface area contributed by atoms with Crippen molar-refractivity contribution in [2.24, 2.45) is 0 Å². The molecule has 3 rings (SSSR count). The van der Waals surface area contributed by atoms with E-state index in [1.807, 2.05) is 5.32 Å². The van der Waals surface area contributed by atoms with Gasteiger partial charge in [-0.1, -0.05) is 53.5 Å². The van der Waals surface area contributed by atoms with Gasteiger partial charge >= 0.3 is 22.5 Å². The first-order chi connectivity index (χ1) is 14.9. The number of nitrogens with zero attached hydrogens (tertiary/aromatic N) is 2. The molecule has 2 aromatic carbocycles. The van der Waals surface area contributed by atoms with Crippen LogP contribution in [0.15, 0.2) is 54.6 Å². The van der Waals surface area contributed by atoms with Gasteiger partial charge in [0.2, 0.25) is 5.95 Å². The molecule has 32 heavy (non-hydrogen) atoms. The summed E-state index contributed by atoms with van der Waals surface area (Å²) in [5.41, 5.74) is -1.17. The summed E-state index contributed by atoms with van der Waals surface area (Å²) in [5.74, 6) is -1.16. The molecule has 8 nitrogen and oxygen atoms in total. The summed E-state index contributed by atoms with van der Waals surface area (Å²) in [6.45, 7) is 0. The predicted octanol–water partition coefficient (Wildman–Crippen LogP) is 4.91. The molecule has 0 aliphatic heterocycles. The normalized spacial score (nSPS) is 11.7. The lowest BCUT2D eigenvalue weighted by molar-refractivity contribution is -0.141. The Kier molecular flexibility index (Phi) is 6.77. The standard InChI is InChI=1S/C18H11Cl2F3N4O4S/c19-11-6-7-12(20)14(8-11)31-32(29,30)27-17(28)26-16-24-13(10-4-2-1-3-5-10)9-15(25-16)18(21,22)23/h1-9H,(H2,24,25,26,27,28). The van der Waals surface area contributed by atoms with Crippen LogP contribution in [0.25, 0.3) is 11.3 Å². The lowest BCUT2D eigenvalue weighted by Crippen LogP contribution is -2.37. The summed E-state index contributed by atoms with van der Waals surface area (Å²) in [5, 5.41) is 1.83. The fourth-order valence-corrected chi connectivity index (χ4v) is 3.38. The minimum absolute atomic E-state index is 0.106. The van der Waals surface area contributed by atoms with Gasteiger partial charge in [0.1, 0.15) is 0 Å². The van der Waals surface area contributed by atoms with Crippen molar-refractivity contribution in [3.63, 3.8) is 0 Å². The number of hydrogen-bond donors (Lipinski definition) is 2. The molecule has 1 heterocycles. The molecule has 14 heteroatoms. The smallest absolute Gasteiger partial charge is 0.365 e. The van der Waals surface area contributed by atoms with Gasteiger partial charge < -0.3 is 4.18 Å². The van der Waals surface area contributed by atoms with Gasteiger partial charge in [-0.2, -0.15) is 21.6 Å². The van der Waals surface area contributed by atoms with Crippen LogP contribution in [0, 0.1) is 0 Å². The number of amides is 2. The van der Waals surface area contributed by atoms with E-state index in [9.17, 15) is 26.4 Å². The third kappa shape index (κ3) is 6.22. The van der Waals surface area contributed by atoms with Gasteiger partial charge in [-0.15, -0.1) is 0 Å². The van der Waals surface area contributed by atoms with E-state index in [4.69, 9.17) is 23.2 Å². The van der Waals surface area contributed by atoms with Crippen LogP contribution in [-0.4, -0.2) is 24.4 Å². The van der Waals surface area contributed by atoms with E-state index >= 15 is 0 Å². The Hall–Kier alpha value is -3.09. The van der Waals surface area contributed by atoms with Crippen molar-refractivity contribution in [3.8, 4) is 17.0 Å². The molecular weight excluding hydrogens is 496 g/mol. The SMILES string of the molecule is O=C(Nc1nc(-c2ccccc2)cc(C(F)(F)F)n1)NS(=O)(=O)Oc1cc(Cl)ccc1Cl. The molecule has 1 aromatic heterocycles. The maximum Gasteiger partial charge on any atom is 0.433 e. The van der Waals surface area contributed by atoms with Crippen molar-refractivity contribution >= 4 is 45.5 Å². The summed E-state index contributed by atoms with van der Waals surface area (Å²) >= 11 is 11.5. The Bertz CT molecular complexity index is 1260. The molecule has 0 aliphatic carbocycles. The number of anilines is 1. The summed E-state index contributed by atoms with van der Waals surface area (Å²) in [6.07, 6.45) is -4.85. The number of halogens is 5. The molecule has 0 radical (unpaired) electrons. The zero-order valence-corrected chi connectivity index (χ0v) is 17.8. The van der Waals surface area contributed by atoms with Crippen molar-refractivity contribution in [1.82, 2.24) is 14.7 Å². The number of urea groups is 1. The van der Waals surface area contributed by atoms with Crippen molar-refractivity contribution in [2.75, 3.05) is 5.32 Å². The quantitative estimate of drug-likeness (QED) is 0.508. The van der Waals surface area contributed by atoms with E-state index in [0.29, 0.717) is 11.6 Å². The number of benzene rings is 2. The molecule has 3 aromatic rings. The van der Waals surface area contributed by atoms with E-state index in [0.717, 1.165) is 6.07 Å². The molecule has 0 unspecified atom stereocenters. The molecule has 0 aliphatic rings. The highest BCUT2D eigenvalue weighted by atomic mass is 35.5. The molecule has 2 amide bonds. The number of carbonyl (C=O) groups is 1. The number of alkyl halides is 3. The van der Waals surface area contributed by atoms with Crippen LogP contribution in [0.2, 0.25) is 10.0 Å². The van der Waals surface area contributed by atoms with Crippen LogP contribution in [-0.2, 0) is 16.5 Å². The Balaban J connectivity index is 1.83. The minimum Gasteiger partial charge on any atom is -0.365 e. The second-order valence-corrected chi connectivity index (χ2v) is 8.12. The lowest BCUT2D eigenvalue weighted by Gasteiger charge is -2.12. The van der Waals surface area contributed by atoms with E-state index in [-0.39, 0.29) is 21.5 Å². The second kappa shape index (κ2) is 9.18. The van der Waals surface area contributed by atoms with Crippen LogP contribution in [0.1, 0.15) is 5.69 Å². The van der Waals surface area contributed by atoms with Crippen molar-refractivity contribution in [1.29, 1.82) is 0 Å². The molecule has 0 saturated heterocycles. The number of hydrogen-bond acceptors (Lipinski definition) is 6. The summed E-state index contributed by atoms with van der Waals surface area (Å²) in [4.78, 5) is 19.1. The van der Waals surface area contributed by atoms with Crippen LogP contribution in [0.5, 0.6) is 5.75 Å². The number of aromatic nitrogens is 2. The topological polar surface area (TPSA) is 110 Å². The molecule has 168 valence electrons. The molecule has 2 N–H and O–H groups in total. The Morgan fingerprint density at radius 2 is 1.69 bits per heavy atom. The monoisotopic (exact) mass is 506 g/mol. The van der Waals surface area contributed by atoms with E-state index < -0.39 is 34.2 Å². The molecule has 0 saturated carbocycles. The summed E-state index contributed by atoms with van der Waals surface area (Å²) in [7, 11) is -4.78. The Morgan fingerprint density at radius 3 is 2.34 bits per heavy atom. The third-order valence-corrected chi connectivity index (χ3v) is 5.00. The average molecular weight is 507 g/mol. The number of nitrogens with one attached hydrogen (secondary N) is 2. The Morgan fingerprint density at radius 1 is 1.00 bits per heavy atom. The van der Waals surface area contributed by atoms with Crippen LogP contribution >= 0.6 is 23.2 Å². The molecule has 0 atom stereocenters. The fourth-order valence-electron chi connectivity index (χ4n) is 2.33. The summed E-state index contributed by atoms with van der Waals surface area (Å²) < 4.78 is 69.9. The first kappa shape index (κ1) is 23.6. The molecule has 0 fully saturated rings. The first-order valence-electron chi connectivity index (χ1n) is 8.43. The number of rotatable bonds is 5. The Labute approximate surface area is 189 Å². The maximum absolute atomic E-state index is 13.2. The van der Waals surface area contributed by atoms with Gasteiger partial charge in [0.25, 0.3) is 0 Å². The minimum atomic E-state index is -4.85. The zero-order chi connectivity index (χ0) is 23.5. The summed E-state index contributed by atoms with van der Waals surface area (Å²) in [6, 6.07) is 10.8. The highest BCUT2D eigenvalue weighted by molar-refractivity contribution is 7.85. The first-order valence-corrected chi connectivity index (χ1v) is 10.6. The van der Waals surface area contributed by atoms with Crippen LogP contribution < -0.4 is 14.2 Å². The second-order valence-electron chi connectivity index (χ2n) is 5.99. The maximum atomic E-state index is 13.2. The van der Waals surface area contributed by atoms with E-state index in [1.165, 1.54) is 29.0 Å². The van der Waals surface area contributed by atoms with Crippen molar-refractivity contribution < 1.29 is 30.6 Å². The average Bonchev–Trinajstić information content (AvgIpc) is 2.69. The zero-order valence-electron chi connectivity index (χ0n) is 15.5. The van der Waals surface area contributed by atoms with Gasteiger partial charge in [0.05, 0.1) is 10.7 Å². The van der Waals surface area contributed by atoms with Crippen LogP contribution in [0.4, 0.5) is 23.9 Å². The highest BCUT2D eigenvalue weighted by Gasteiger charge is 2.34. The van der Waals surface area contributed by atoms with E-state index in [1.54, 1.807) is 18.2 Å². The third-order valence-electron chi connectivity index (χ3n) is 3.62. The van der Waals surface area contributed by atoms with Gasteiger partial charge in [-0.05, 0) is 18.2 Å². The largest absolute Gasteiger partial charge is 0.433 e. The van der Waals surface area contributed by atoms with E-state index in [2.05, 4.69) is 14.2 Å². The van der Waals surface area contributed by atoms with Crippen molar-refractivity contribution in [3.05, 3.63) is 70.3 Å². The van der Waals surface area contributed by atoms with Gasteiger partial charge in [0, 0.05) is 16.7 Å². The van der Waals surface area contributed by atoms with Gasteiger partial charge in [0.15, 0.2) is 11.4 Å². The highest BCUT2D eigenvalue weighted by Crippen LogP contribution is 2.31. The lowest BCUT2D eigenvalue weighted by atomic mass is 10.1. The van der Waals surface area contributed by atoms with Gasteiger partial charge in [-0.3, -0.25) is 5.32 Å². The number of carbonyl (C=O) groups excluding carboxylic acids is 1. The predicted molar refractivity (Wildman–Crippen MR) is 111 cm³/mol. The van der Waals surface area contributed by atoms with Gasteiger partial charge in [-0.25, -0.2) is 19.5 Å². The molecular formula is C18H11Cl2F3N4O4S. The van der Waals surface area contributed by atoms with Crippen molar-refractivity contribution in [2.45, 2.75) is 6.18 Å². The molecule has 0 bridgehead atoms.